The van der Waals surface area contributed by atoms with Crippen LogP contribution in [0.3, 0.4) is 0 Å². The van der Waals surface area contributed by atoms with Gasteiger partial charge in [0.2, 0.25) is 0 Å². The number of aryl methyl sites for hydroxylation is 1. The minimum atomic E-state index is -0.538. The van der Waals surface area contributed by atoms with Crippen molar-refractivity contribution in [3.8, 4) is 17.2 Å². The number of aromatic nitrogens is 3. The molecule has 5 rings (SSSR count). The van der Waals surface area contributed by atoms with Crippen molar-refractivity contribution in [1.82, 2.24) is 20.1 Å². The van der Waals surface area contributed by atoms with Crippen molar-refractivity contribution in [2.24, 2.45) is 0 Å². The number of carbonyl (C=O) groups is 1. The Kier molecular flexibility index (Phi) is 6.59. The lowest BCUT2D eigenvalue weighted by molar-refractivity contribution is -0.128. The topological polar surface area (TPSA) is 81.5 Å². The number of hydrogen-bond acceptors (Lipinski definition) is 7. The van der Waals surface area contributed by atoms with Gasteiger partial charge in [-0.3, -0.25) is 4.79 Å². The molecule has 182 valence electrons. The van der Waals surface area contributed by atoms with E-state index in [1.165, 1.54) is 0 Å². The van der Waals surface area contributed by atoms with Crippen LogP contribution in [0, 0.1) is 6.92 Å². The van der Waals surface area contributed by atoms with Crippen LogP contribution in [0.2, 0.25) is 0 Å². The molecule has 1 saturated heterocycles. The summed E-state index contributed by atoms with van der Waals surface area (Å²) in [6.45, 7) is 5.48. The highest BCUT2D eigenvalue weighted by Gasteiger charge is 2.26. The van der Waals surface area contributed by atoms with Crippen molar-refractivity contribution in [2.45, 2.75) is 38.8 Å². The molecule has 1 aliphatic rings. The van der Waals surface area contributed by atoms with Gasteiger partial charge in [0.1, 0.15) is 11.5 Å². The molecule has 1 fully saturated rings. The maximum atomic E-state index is 12.6. The molecular weight excluding hydrogens is 462 g/mol. The van der Waals surface area contributed by atoms with Crippen LogP contribution in [-0.2, 0) is 4.79 Å². The Bertz CT molecular complexity index is 1290. The summed E-state index contributed by atoms with van der Waals surface area (Å²) in [5, 5.41) is 8.84. The van der Waals surface area contributed by atoms with Gasteiger partial charge in [0.05, 0.1) is 23.2 Å². The third kappa shape index (κ3) is 4.95. The normalized spacial score (nSPS) is 15.2. The standard InChI is InChI=1S/C26H29N5O3S/c1-17-23-24(31(29-17)20-9-11-21(33-3)12-10-20)28-26(35-23)30-15-13-19(14-16-30)27-25(32)18(2)34-22-7-5-4-6-8-22/h4-12,18-19H,13-16H2,1-3H3,(H,27,32)/t18-/m1/s1. The summed E-state index contributed by atoms with van der Waals surface area (Å²) in [6.07, 6.45) is 1.19. The summed E-state index contributed by atoms with van der Waals surface area (Å²) in [7, 11) is 1.66. The van der Waals surface area contributed by atoms with E-state index in [-0.39, 0.29) is 11.9 Å². The molecule has 9 heteroatoms. The zero-order chi connectivity index (χ0) is 24.4. The first kappa shape index (κ1) is 23.2. The second-order valence-corrected chi connectivity index (χ2v) is 9.66. The molecule has 1 amide bonds. The molecule has 2 aromatic heterocycles. The molecule has 8 nitrogen and oxygen atoms in total. The van der Waals surface area contributed by atoms with Gasteiger partial charge >= 0.3 is 0 Å². The van der Waals surface area contributed by atoms with Gasteiger partial charge < -0.3 is 19.7 Å². The predicted octanol–water partition coefficient (Wildman–Crippen LogP) is 4.35. The predicted molar refractivity (Wildman–Crippen MR) is 138 cm³/mol. The van der Waals surface area contributed by atoms with Gasteiger partial charge in [-0.05, 0) is 63.1 Å². The van der Waals surface area contributed by atoms with Crippen LogP contribution in [0.15, 0.2) is 54.6 Å². The number of amides is 1. The van der Waals surface area contributed by atoms with Crippen molar-refractivity contribution >= 4 is 32.7 Å². The zero-order valence-electron chi connectivity index (χ0n) is 20.1. The van der Waals surface area contributed by atoms with Crippen LogP contribution in [0.25, 0.3) is 16.0 Å². The highest BCUT2D eigenvalue weighted by Crippen LogP contribution is 2.34. The first-order valence-electron chi connectivity index (χ1n) is 11.8. The number of fused-ring (bicyclic) bond motifs is 1. The number of carbonyl (C=O) groups excluding carboxylic acids is 1. The number of thiazole rings is 1. The number of benzene rings is 2. The van der Waals surface area contributed by atoms with Gasteiger partial charge in [-0.25, -0.2) is 4.68 Å². The minimum absolute atomic E-state index is 0.0810. The highest BCUT2D eigenvalue weighted by atomic mass is 32.1. The lowest BCUT2D eigenvalue weighted by Gasteiger charge is -2.32. The second-order valence-electron chi connectivity index (χ2n) is 8.69. The summed E-state index contributed by atoms with van der Waals surface area (Å²) < 4.78 is 14.0. The number of nitrogens with one attached hydrogen (secondary N) is 1. The molecule has 35 heavy (non-hydrogen) atoms. The van der Waals surface area contributed by atoms with Crippen molar-refractivity contribution in [2.75, 3.05) is 25.1 Å². The Balaban J connectivity index is 1.22. The first-order valence-corrected chi connectivity index (χ1v) is 12.6. The van der Waals surface area contributed by atoms with Crippen LogP contribution in [0.5, 0.6) is 11.5 Å². The van der Waals surface area contributed by atoms with Crippen LogP contribution in [-0.4, -0.2) is 53.0 Å². The second kappa shape index (κ2) is 9.95. The molecule has 0 aliphatic carbocycles. The summed E-state index contributed by atoms with van der Waals surface area (Å²) in [4.78, 5) is 19.9. The Morgan fingerprint density at radius 1 is 1.09 bits per heavy atom. The van der Waals surface area contributed by atoms with Crippen LogP contribution in [0.4, 0.5) is 5.13 Å². The fraction of sp³-hybridized carbons (Fsp3) is 0.346. The number of ether oxygens (including phenoxy) is 2. The summed E-state index contributed by atoms with van der Waals surface area (Å²) in [5.41, 5.74) is 2.79. The molecular formula is C26H29N5O3S. The van der Waals surface area contributed by atoms with Crippen molar-refractivity contribution in [3.63, 3.8) is 0 Å². The van der Waals surface area contributed by atoms with Crippen LogP contribution in [0.1, 0.15) is 25.5 Å². The molecule has 1 atom stereocenters. The molecule has 0 bridgehead atoms. The summed E-state index contributed by atoms with van der Waals surface area (Å²) >= 11 is 1.67. The Morgan fingerprint density at radius 2 is 1.80 bits per heavy atom. The van der Waals surface area contributed by atoms with Crippen molar-refractivity contribution in [3.05, 3.63) is 60.3 Å². The van der Waals surface area contributed by atoms with E-state index in [2.05, 4.69) is 10.2 Å². The van der Waals surface area contributed by atoms with Gasteiger partial charge in [-0.1, -0.05) is 29.5 Å². The van der Waals surface area contributed by atoms with E-state index in [9.17, 15) is 4.79 Å². The summed E-state index contributed by atoms with van der Waals surface area (Å²) in [5.74, 6) is 1.43. The van der Waals surface area contributed by atoms with Gasteiger partial charge in [0.15, 0.2) is 16.9 Å². The number of hydrogen-bond donors (Lipinski definition) is 1. The molecule has 1 N–H and O–H groups in total. The van der Waals surface area contributed by atoms with Gasteiger partial charge in [-0.15, -0.1) is 0 Å². The maximum absolute atomic E-state index is 12.6. The Hall–Kier alpha value is -3.59. The number of nitrogens with zero attached hydrogens (tertiary/aromatic N) is 4. The SMILES string of the molecule is COc1ccc(-n2nc(C)c3sc(N4CCC(NC(=O)[C@@H](C)Oc5ccccc5)CC4)nc32)cc1. The molecule has 4 aromatic rings. The molecule has 0 saturated carbocycles. The highest BCUT2D eigenvalue weighted by molar-refractivity contribution is 7.22. The molecule has 0 spiro atoms. The van der Waals surface area contributed by atoms with E-state index in [4.69, 9.17) is 19.6 Å². The molecule has 3 heterocycles. The smallest absolute Gasteiger partial charge is 0.260 e. The van der Waals surface area contributed by atoms with E-state index in [1.54, 1.807) is 25.4 Å². The first-order chi connectivity index (χ1) is 17.0. The van der Waals surface area contributed by atoms with E-state index in [1.807, 2.05) is 66.2 Å². The third-order valence-corrected chi connectivity index (χ3v) is 7.45. The number of anilines is 1. The molecule has 1 aliphatic heterocycles. The average molecular weight is 492 g/mol. The molecule has 0 unspecified atom stereocenters. The maximum Gasteiger partial charge on any atom is 0.260 e. The fourth-order valence-corrected chi connectivity index (χ4v) is 5.29. The van der Waals surface area contributed by atoms with Gasteiger partial charge in [0, 0.05) is 19.1 Å². The number of para-hydroxylation sites is 1. The van der Waals surface area contributed by atoms with Gasteiger partial charge in [-0.2, -0.15) is 10.1 Å². The number of piperidine rings is 1. The Labute approximate surface area is 208 Å². The number of methoxy groups -OCH3 is 1. The zero-order valence-corrected chi connectivity index (χ0v) is 20.9. The lowest BCUT2D eigenvalue weighted by Crippen LogP contribution is -2.48. The van der Waals surface area contributed by atoms with Crippen LogP contribution >= 0.6 is 11.3 Å². The van der Waals surface area contributed by atoms with E-state index < -0.39 is 6.10 Å². The van der Waals surface area contributed by atoms with E-state index >= 15 is 0 Å². The lowest BCUT2D eigenvalue weighted by atomic mass is 10.1. The Morgan fingerprint density at radius 3 is 2.49 bits per heavy atom. The average Bonchev–Trinajstić information content (AvgIpc) is 3.45. The monoisotopic (exact) mass is 491 g/mol. The third-order valence-electron chi connectivity index (χ3n) is 6.23. The van der Waals surface area contributed by atoms with Crippen molar-refractivity contribution < 1.29 is 14.3 Å². The quantitative estimate of drug-likeness (QED) is 0.414. The molecule has 2 aromatic carbocycles. The number of rotatable bonds is 7. The summed E-state index contributed by atoms with van der Waals surface area (Å²) in [6, 6.07) is 17.4. The van der Waals surface area contributed by atoms with Crippen LogP contribution < -0.4 is 19.7 Å². The fourth-order valence-electron chi connectivity index (χ4n) is 4.25. The van der Waals surface area contributed by atoms with E-state index in [0.29, 0.717) is 5.75 Å². The molecule has 0 radical (unpaired) electrons. The largest absolute Gasteiger partial charge is 0.497 e. The minimum Gasteiger partial charge on any atom is -0.497 e. The van der Waals surface area contributed by atoms with E-state index in [0.717, 1.165) is 58.5 Å². The van der Waals surface area contributed by atoms with Crippen molar-refractivity contribution in [1.29, 1.82) is 0 Å². The van der Waals surface area contributed by atoms with Gasteiger partial charge in [0.25, 0.3) is 5.91 Å².